The monoisotopic (exact) mass is 449 g/mol. The van der Waals surface area contributed by atoms with Gasteiger partial charge < -0.3 is 10.1 Å². The molecule has 1 amide bonds. The number of unbranched alkanes of at least 4 members (excludes halogenated alkanes) is 11. The highest BCUT2D eigenvalue weighted by Gasteiger charge is 2.03. The predicted molar refractivity (Wildman–Crippen MR) is 141 cm³/mol. The zero-order valence-corrected chi connectivity index (χ0v) is 20.6. The Morgan fingerprint density at radius 1 is 0.697 bits per heavy atom. The molecule has 2 aromatic rings. The van der Waals surface area contributed by atoms with Crippen LogP contribution in [-0.4, -0.2) is 5.91 Å². The van der Waals surface area contributed by atoms with Crippen molar-refractivity contribution in [3.05, 3.63) is 66.7 Å². The predicted octanol–water partition coefficient (Wildman–Crippen LogP) is 9.45. The largest absolute Gasteiger partial charge is 0.457 e. The van der Waals surface area contributed by atoms with Gasteiger partial charge in [-0.15, -0.1) is 0 Å². The molecule has 0 saturated carbocycles. The molecular weight excluding hydrogens is 406 g/mol. The molecule has 0 aliphatic carbocycles. The van der Waals surface area contributed by atoms with Crippen LogP contribution >= 0.6 is 0 Å². The van der Waals surface area contributed by atoms with Crippen molar-refractivity contribution in [2.24, 2.45) is 0 Å². The molecule has 0 fully saturated rings. The van der Waals surface area contributed by atoms with Gasteiger partial charge in [-0.05, 0) is 68.5 Å². The minimum Gasteiger partial charge on any atom is -0.457 e. The summed E-state index contributed by atoms with van der Waals surface area (Å²) in [7, 11) is 0. The summed E-state index contributed by atoms with van der Waals surface area (Å²) in [6.07, 6.45) is 21.8. The Labute approximate surface area is 201 Å². The minimum absolute atomic E-state index is 0.0874. The van der Waals surface area contributed by atoms with Gasteiger partial charge in [0.15, 0.2) is 0 Å². The Bertz CT molecular complexity index is 768. The lowest BCUT2D eigenvalue weighted by Crippen LogP contribution is -2.10. The lowest BCUT2D eigenvalue weighted by Gasteiger charge is -2.08. The fraction of sp³-hybridized carbons (Fsp3) is 0.500. The van der Waals surface area contributed by atoms with E-state index in [0.29, 0.717) is 6.42 Å². The molecule has 2 aromatic carbocycles. The average Bonchev–Trinajstić information content (AvgIpc) is 2.83. The van der Waals surface area contributed by atoms with Crippen LogP contribution < -0.4 is 10.1 Å². The second kappa shape index (κ2) is 17.9. The van der Waals surface area contributed by atoms with E-state index < -0.39 is 0 Å². The summed E-state index contributed by atoms with van der Waals surface area (Å²) in [5.74, 6) is 1.65. The van der Waals surface area contributed by atoms with Gasteiger partial charge in [0.1, 0.15) is 11.5 Å². The zero-order chi connectivity index (χ0) is 23.4. The minimum atomic E-state index is 0.0874. The van der Waals surface area contributed by atoms with Crippen LogP contribution in [0.5, 0.6) is 11.5 Å². The van der Waals surface area contributed by atoms with E-state index in [-0.39, 0.29) is 5.91 Å². The molecule has 0 atom stereocenters. The Morgan fingerprint density at radius 3 is 1.88 bits per heavy atom. The van der Waals surface area contributed by atoms with Crippen molar-refractivity contribution in [1.82, 2.24) is 0 Å². The van der Waals surface area contributed by atoms with E-state index in [9.17, 15) is 4.79 Å². The van der Waals surface area contributed by atoms with Gasteiger partial charge in [0.25, 0.3) is 0 Å². The zero-order valence-electron chi connectivity index (χ0n) is 20.6. The van der Waals surface area contributed by atoms with Crippen molar-refractivity contribution in [1.29, 1.82) is 0 Å². The van der Waals surface area contributed by atoms with Crippen LogP contribution in [0.4, 0.5) is 5.69 Å². The molecule has 3 nitrogen and oxygen atoms in total. The molecular formula is C30H43NO2. The fourth-order valence-electron chi connectivity index (χ4n) is 3.81. The van der Waals surface area contributed by atoms with E-state index in [1.807, 2.05) is 54.6 Å². The fourth-order valence-corrected chi connectivity index (χ4v) is 3.81. The number of rotatable bonds is 18. The SMILES string of the molecule is CCCCCCCC/C=C\CCCCCCCC(=O)Nc1ccc(Oc2ccccc2)cc1. The molecule has 0 aliphatic rings. The highest BCUT2D eigenvalue weighted by Crippen LogP contribution is 2.22. The molecule has 0 saturated heterocycles. The van der Waals surface area contributed by atoms with Crippen LogP contribution in [0.1, 0.15) is 96.8 Å². The van der Waals surface area contributed by atoms with Gasteiger partial charge in [-0.1, -0.05) is 88.6 Å². The topological polar surface area (TPSA) is 38.3 Å². The molecule has 180 valence electrons. The molecule has 1 N–H and O–H groups in total. The maximum Gasteiger partial charge on any atom is 0.224 e. The Kier molecular flexibility index (Phi) is 14.5. The van der Waals surface area contributed by atoms with Gasteiger partial charge in [-0.2, -0.15) is 0 Å². The first kappa shape index (κ1) is 26.7. The number of amides is 1. The summed E-state index contributed by atoms with van der Waals surface area (Å²) < 4.78 is 5.78. The second-order valence-corrected chi connectivity index (χ2v) is 8.82. The number of carbonyl (C=O) groups excluding carboxylic acids is 1. The number of nitrogens with one attached hydrogen (secondary N) is 1. The Morgan fingerprint density at radius 2 is 1.24 bits per heavy atom. The van der Waals surface area contributed by atoms with E-state index in [4.69, 9.17) is 4.74 Å². The molecule has 0 aliphatic heterocycles. The highest BCUT2D eigenvalue weighted by atomic mass is 16.5. The third-order valence-electron chi connectivity index (χ3n) is 5.78. The first-order valence-electron chi connectivity index (χ1n) is 13.1. The van der Waals surface area contributed by atoms with Gasteiger partial charge in [0.05, 0.1) is 0 Å². The van der Waals surface area contributed by atoms with E-state index in [1.165, 1.54) is 70.6 Å². The number of hydrogen-bond acceptors (Lipinski definition) is 2. The van der Waals surface area contributed by atoms with Crippen LogP contribution in [0.25, 0.3) is 0 Å². The van der Waals surface area contributed by atoms with E-state index in [1.54, 1.807) is 0 Å². The van der Waals surface area contributed by atoms with Crippen molar-refractivity contribution < 1.29 is 9.53 Å². The maximum absolute atomic E-state index is 12.2. The third kappa shape index (κ3) is 13.6. The summed E-state index contributed by atoms with van der Waals surface area (Å²) in [5, 5.41) is 2.98. The van der Waals surface area contributed by atoms with Gasteiger partial charge in [-0.25, -0.2) is 0 Å². The summed E-state index contributed by atoms with van der Waals surface area (Å²) >= 11 is 0. The Balaban J connectivity index is 1.44. The van der Waals surface area contributed by atoms with Gasteiger partial charge in [0, 0.05) is 12.1 Å². The van der Waals surface area contributed by atoms with E-state index in [2.05, 4.69) is 24.4 Å². The van der Waals surface area contributed by atoms with Gasteiger partial charge in [0.2, 0.25) is 5.91 Å². The van der Waals surface area contributed by atoms with Crippen LogP contribution in [0, 0.1) is 0 Å². The molecule has 0 bridgehead atoms. The third-order valence-corrected chi connectivity index (χ3v) is 5.78. The molecule has 0 aromatic heterocycles. The summed E-state index contributed by atoms with van der Waals surface area (Å²) in [4.78, 5) is 12.2. The number of hydrogen-bond donors (Lipinski definition) is 1. The molecule has 3 heteroatoms. The smallest absolute Gasteiger partial charge is 0.224 e. The second-order valence-electron chi connectivity index (χ2n) is 8.82. The molecule has 0 heterocycles. The number of ether oxygens (including phenoxy) is 1. The van der Waals surface area contributed by atoms with Crippen molar-refractivity contribution in [2.45, 2.75) is 96.8 Å². The van der Waals surface area contributed by atoms with Crippen LogP contribution in [0.2, 0.25) is 0 Å². The number of allylic oxidation sites excluding steroid dienone is 2. The molecule has 0 spiro atoms. The van der Waals surface area contributed by atoms with Crippen LogP contribution in [0.15, 0.2) is 66.7 Å². The first-order chi connectivity index (χ1) is 16.3. The van der Waals surface area contributed by atoms with E-state index in [0.717, 1.165) is 30.0 Å². The highest BCUT2D eigenvalue weighted by molar-refractivity contribution is 5.90. The van der Waals surface area contributed by atoms with Crippen molar-refractivity contribution in [2.75, 3.05) is 5.32 Å². The number of para-hydroxylation sites is 1. The molecule has 33 heavy (non-hydrogen) atoms. The van der Waals surface area contributed by atoms with E-state index >= 15 is 0 Å². The molecule has 0 unspecified atom stereocenters. The van der Waals surface area contributed by atoms with Crippen molar-refractivity contribution in [3.8, 4) is 11.5 Å². The summed E-state index contributed by atoms with van der Waals surface area (Å²) in [6.45, 7) is 2.27. The standard InChI is InChI=1S/C30H43NO2/c1-2-3-4-5-6-7-8-9-10-11-12-13-14-15-19-22-30(32)31-27-23-25-29(26-24-27)33-28-20-17-16-18-21-28/h9-10,16-18,20-21,23-26H,2-8,11-15,19,22H2,1H3,(H,31,32)/b10-9-. The maximum atomic E-state index is 12.2. The first-order valence-corrected chi connectivity index (χ1v) is 13.1. The van der Waals surface area contributed by atoms with Crippen molar-refractivity contribution >= 4 is 11.6 Å². The summed E-state index contributed by atoms with van der Waals surface area (Å²) in [6, 6.07) is 17.2. The normalized spacial score (nSPS) is 11.1. The number of carbonyl (C=O) groups is 1. The van der Waals surface area contributed by atoms with Gasteiger partial charge in [-0.3, -0.25) is 4.79 Å². The average molecular weight is 450 g/mol. The number of benzene rings is 2. The summed E-state index contributed by atoms with van der Waals surface area (Å²) in [5.41, 5.74) is 0.813. The quantitative estimate of drug-likeness (QED) is 0.182. The van der Waals surface area contributed by atoms with Crippen molar-refractivity contribution in [3.63, 3.8) is 0 Å². The number of anilines is 1. The van der Waals surface area contributed by atoms with Gasteiger partial charge >= 0.3 is 0 Å². The van der Waals surface area contributed by atoms with Crippen LogP contribution in [0.3, 0.4) is 0 Å². The lowest BCUT2D eigenvalue weighted by atomic mass is 10.1. The Hall–Kier alpha value is -2.55. The lowest BCUT2D eigenvalue weighted by molar-refractivity contribution is -0.116. The molecule has 0 radical (unpaired) electrons. The molecule has 2 rings (SSSR count). The van der Waals surface area contributed by atoms with Crippen LogP contribution in [-0.2, 0) is 4.79 Å².